The van der Waals surface area contributed by atoms with Crippen molar-refractivity contribution in [2.45, 2.75) is 58.1 Å². The number of imide groups is 1. The number of ether oxygens (including phenoxy) is 2. The second kappa shape index (κ2) is 10.3. The number of nitrogens with zero attached hydrogens (tertiary/aromatic N) is 1. The summed E-state index contributed by atoms with van der Waals surface area (Å²) in [5.41, 5.74) is -1.77. The molecule has 0 aromatic rings. The molecule has 0 bridgehead atoms. The van der Waals surface area contributed by atoms with Gasteiger partial charge in [0.25, 0.3) is 0 Å². The van der Waals surface area contributed by atoms with Crippen molar-refractivity contribution < 1.29 is 24.2 Å². The lowest BCUT2D eigenvalue weighted by molar-refractivity contribution is -0.137. The van der Waals surface area contributed by atoms with Gasteiger partial charge >= 0.3 is 0 Å². The molecule has 1 aliphatic rings. The summed E-state index contributed by atoms with van der Waals surface area (Å²) >= 11 is 0. The van der Waals surface area contributed by atoms with Gasteiger partial charge in [-0.3, -0.25) is 19.8 Å². The highest BCUT2D eigenvalue weighted by atomic mass is 16.5. The summed E-state index contributed by atoms with van der Waals surface area (Å²) in [6, 6.07) is 0. The molecule has 0 radical (unpaired) electrons. The molecule has 0 saturated carbocycles. The van der Waals surface area contributed by atoms with Gasteiger partial charge in [-0.15, -0.1) is 0 Å². The molecule has 0 spiro atoms. The van der Waals surface area contributed by atoms with Gasteiger partial charge in [-0.1, -0.05) is 0 Å². The van der Waals surface area contributed by atoms with E-state index in [0.29, 0.717) is 5.92 Å². The zero-order valence-electron chi connectivity index (χ0n) is 17.3. The van der Waals surface area contributed by atoms with Crippen molar-refractivity contribution in [2.24, 2.45) is 5.92 Å². The molecule has 1 aliphatic heterocycles. The first kappa shape index (κ1) is 23.7. The molecule has 1 rings (SSSR count). The molecule has 2 amide bonds. The van der Waals surface area contributed by atoms with Crippen LogP contribution in [-0.4, -0.2) is 78.7 Å². The van der Waals surface area contributed by atoms with Crippen molar-refractivity contribution in [3.8, 4) is 0 Å². The lowest BCUT2D eigenvalue weighted by atomic mass is 9.95. The van der Waals surface area contributed by atoms with Gasteiger partial charge in [0.15, 0.2) is 0 Å². The fourth-order valence-corrected chi connectivity index (χ4v) is 2.80. The van der Waals surface area contributed by atoms with E-state index in [0.717, 1.165) is 32.6 Å². The first-order valence-electron chi connectivity index (χ1n) is 9.46. The number of aliphatic hydroxyl groups excluding tert-OH is 1. The second-order valence-corrected chi connectivity index (χ2v) is 8.11. The molecular weight excluding hydrogens is 350 g/mol. The van der Waals surface area contributed by atoms with Gasteiger partial charge in [-0.25, -0.2) is 0 Å². The Morgan fingerprint density at radius 3 is 2.41 bits per heavy atom. The lowest BCUT2D eigenvalue weighted by Gasteiger charge is -2.37. The molecule has 1 saturated heterocycles. The number of likely N-dealkylation sites (N-methyl/N-ethyl adjacent to an activating group) is 1. The average Bonchev–Trinajstić information content (AvgIpc) is 2.60. The quantitative estimate of drug-likeness (QED) is 0.483. The van der Waals surface area contributed by atoms with Crippen LogP contribution >= 0.6 is 0 Å². The number of hydrogen-bond donors (Lipinski definition) is 3. The van der Waals surface area contributed by atoms with Crippen molar-refractivity contribution in [1.29, 1.82) is 5.41 Å². The Morgan fingerprint density at radius 2 is 1.85 bits per heavy atom. The van der Waals surface area contributed by atoms with E-state index in [4.69, 9.17) is 20.0 Å². The minimum atomic E-state index is -0.974. The summed E-state index contributed by atoms with van der Waals surface area (Å²) in [7, 11) is 1.88. The topological polar surface area (TPSA) is 112 Å². The summed E-state index contributed by atoms with van der Waals surface area (Å²) in [4.78, 5) is 26.8. The number of rotatable bonds is 10. The molecule has 0 aliphatic carbocycles. The fourth-order valence-electron chi connectivity index (χ4n) is 2.80. The van der Waals surface area contributed by atoms with Gasteiger partial charge in [0.05, 0.1) is 25.2 Å². The third-order valence-corrected chi connectivity index (χ3v) is 5.25. The van der Waals surface area contributed by atoms with E-state index in [1.807, 2.05) is 11.9 Å². The van der Waals surface area contributed by atoms with Gasteiger partial charge in [0.1, 0.15) is 5.60 Å². The zero-order valence-corrected chi connectivity index (χ0v) is 17.3. The summed E-state index contributed by atoms with van der Waals surface area (Å²) in [5, 5.41) is 19.3. The fraction of sp³-hybridized carbons (Fsp3) is 0.842. The predicted molar refractivity (Wildman–Crippen MR) is 103 cm³/mol. The third kappa shape index (κ3) is 7.29. The molecule has 0 unspecified atom stereocenters. The summed E-state index contributed by atoms with van der Waals surface area (Å²) < 4.78 is 10.7. The first-order chi connectivity index (χ1) is 12.5. The minimum Gasteiger partial charge on any atom is -0.394 e. The van der Waals surface area contributed by atoms with Crippen molar-refractivity contribution in [2.75, 3.05) is 40.0 Å². The molecule has 8 nitrogen and oxygen atoms in total. The van der Waals surface area contributed by atoms with Crippen LogP contribution in [0.5, 0.6) is 0 Å². The molecular formula is C19H35N3O5. The Bertz CT molecular complexity index is 527. The van der Waals surface area contributed by atoms with E-state index in [-0.39, 0.29) is 31.3 Å². The molecule has 27 heavy (non-hydrogen) atoms. The Kier molecular flexibility index (Phi) is 9.01. The Hall–Kier alpha value is -1.35. The molecule has 1 heterocycles. The highest BCUT2D eigenvalue weighted by molar-refractivity contribution is 6.09. The zero-order chi connectivity index (χ0) is 20.7. The Balaban J connectivity index is 2.56. The van der Waals surface area contributed by atoms with Crippen molar-refractivity contribution in [3.63, 3.8) is 0 Å². The van der Waals surface area contributed by atoms with Crippen LogP contribution in [0, 0.1) is 11.3 Å². The van der Waals surface area contributed by atoms with Crippen LogP contribution in [0.4, 0.5) is 0 Å². The van der Waals surface area contributed by atoms with Crippen molar-refractivity contribution in [3.05, 3.63) is 0 Å². The van der Waals surface area contributed by atoms with Crippen LogP contribution in [0.15, 0.2) is 0 Å². The highest BCUT2D eigenvalue weighted by Gasteiger charge is 2.35. The lowest BCUT2D eigenvalue weighted by Crippen LogP contribution is -2.56. The monoisotopic (exact) mass is 385 g/mol. The predicted octanol–water partition coefficient (Wildman–Crippen LogP) is 0.964. The molecule has 1 fully saturated rings. The van der Waals surface area contributed by atoms with Crippen molar-refractivity contribution >= 4 is 17.5 Å². The van der Waals surface area contributed by atoms with Crippen LogP contribution in [0.3, 0.4) is 0 Å². The third-order valence-electron chi connectivity index (χ3n) is 5.25. The number of amides is 2. The number of carbonyl (C=O) groups is 2. The van der Waals surface area contributed by atoms with Crippen molar-refractivity contribution in [1.82, 2.24) is 10.2 Å². The van der Waals surface area contributed by atoms with E-state index in [1.165, 1.54) is 0 Å². The SMILES string of the molecule is CN(CC1CCOCC1)C(C)(C)C(=O)NC(=O)CC(=N)C(C)(C)OCCO. The molecule has 0 atom stereocenters. The average molecular weight is 386 g/mol. The maximum absolute atomic E-state index is 12.6. The highest BCUT2D eigenvalue weighted by Crippen LogP contribution is 2.21. The van der Waals surface area contributed by atoms with Crippen LogP contribution in [0.2, 0.25) is 0 Å². The molecule has 3 N–H and O–H groups in total. The number of nitrogens with one attached hydrogen (secondary N) is 2. The van der Waals surface area contributed by atoms with Crippen LogP contribution in [0.1, 0.15) is 47.0 Å². The van der Waals surface area contributed by atoms with E-state index < -0.39 is 17.0 Å². The molecule has 156 valence electrons. The number of aliphatic hydroxyl groups is 1. The van der Waals surface area contributed by atoms with E-state index in [2.05, 4.69) is 5.32 Å². The standard InChI is InChI=1S/C19H35N3O5/c1-18(2,22(5)13-14-6-9-26-10-7-14)17(25)21-16(24)12-15(20)19(3,4)27-11-8-23/h14,20,23H,6-13H2,1-5H3,(H,21,24,25). The normalized spacial score (nSPS) is 16.4. The molecule has 0 aromatic heterocycles. The van der Waals surface area contributed by atoms with E-state index >= 15 is 0 Å². The maximum atomic E-state index is 12.6. The number of hydrogen-bond acceptors (Lipinski definition) is 7. The van der Waals surface area contributed by atoms with Gasteiger partial charge < -0.3 is 20.0 Å². The smallest absolute Gasteiger partial charge is 0.246 e. The Morgan fingerprint density at radius 1 is 1.26 bits per heavy atom. The number of carbonyl (C=O) groups excluding carboxylic acids is 2. The summed E-state index contributed by atoms with van der Waals surface area (Å²) in [6.07, 6.45) is 1.71. The van der Waals surface area contributed by atoms with Crippen LogP contribution < -0.4 is 5.32 Å². The van der Waals surface area contributed by atoms with Gasteiger partial charge in [-0.05, 0) is 53.5 Å². The summed E-state index contributed by atoms with van der Waals surface area (Å²) in [5.74, 6) is -0.439. The first-order valence-corrected chi connectivity index (χ1v) is 9.46. The maximum Gasteiger partial charge on any atom is 0.246 e. The van der Waals surface area contributed by atoms with E-state index in [1.54, 1.807) is 27.7 Å². The molecule has 0 aromatic carbocycles. The molecule has 8 heteroatoms. The second-order valence-electron chi connectivity index (χ2n) is 8.11. The van der Waals surface area contributed by atoms with Gasteiger partial charge in [0, 0.05) is 25.5 Å². The largest absolute Gasteiger partial charge is 0.394 e. The Labute approximate surface area is 162 Å². The van der Waals surface area contributed by atoms with E-state index in [9.17, 15) is 9.59 Å². The van der Waals surface area contributed by atoms with Gasteiger partial charge in [-0.2, -0.15) is 0 Å². The van der Waals surface area contributed by atoms with Crippen LogP contribution in [-0.2, 0) is 19.1 Å². The van der Waals surface area contributed by atoms with Crippen LogP contribution in [0.25, 0.3) is 0 Å². The summed E-state index contributed by atoms with van der Waals surface area (Å²) in [6.45, 7) is 9.07. The van der Waals surface area contributed by atoms with Gasteiger partial charge in [0.2, 0.25) is 11.8 Å². The minimum absolute atomic E-state index is 0.0506.